The molecule has 0 spiro atoms. The minimum Gasteiger partial charge on any atom is -0.506 e. The van der Waals surface area contributed by atoms with Gasteiger partial charge in [-0.3, -0.25) is 4.79 Å². The molecular weight excluding hydrogens is 282 g/mol. The zero-order chi connectivity index (χ0) is 16.1. The van der Waals surface area contributed by atoms with Gasteiger partial charge in [-0.05, 0) is 12.1 Å². The molecule has 0 bridgehead atoms. The van der Waals surface area contributed by atoms with Gasteiger partial charge in [-0.2, -0.15) is 4.98 Å². The summed E-state index contributed by atoms with van der Waals surface area (Å²) in [6.45, 7) is 5.83. The normalized spacial score (nSPS) is 12.0. The number of hydrogen-bond acceptors (Lipinski definition) is 5. The standard InChI is InChI=1S/C16H17N3O3/c1-16(2,3)15-17-13(22-18-15)11-12(20)9-7-5-6-8-10(9)19(4)14(11)21/h5-8,20H,1-4H3. The quantitative estimate of drug-likeness (QED) is 0.747. The van der Waals surface area contributed by atoms with Crippen molar-refractivity contribution in [2.45, 2.75) is 26.2 Å². The van der Waals surface area contributed by atoms with E-state index >= 15 is 0 Å². The third kappa shape index (κ3) is 2.07. The van der Waals surface area contributed by atoms with Crippen LogP contribution in [0.25, 0.3) is 22.4 Å². The first-order chi connectivity index (χ1) is 10.3. The second kappa shape index (κ2) is 4.69. The lowest BCUT2D eigenvalue weighted by molar-refractivity contribution is 0.399. The van der Waals surface area contributed by atoms with Gasteiger partial charge in [0.05, 0.1) is 5.52 Å². The molecule has 6 heteroatoms. The van der Waals surface area contributed by atoms with Crippen LogP contribution in [0.3, 0.4) is 0 Å². The number of hydrogen-bond donors (Lipinski definition) is 1. The minimum absolute atomic E-state index is 0.0317. The molecule has 0 fully saturated rings. The van der Waals surface area contributed by atoms with Crippen LogP contribution in [-0.2, 0) is 12.5 Å². The molecule has 1 aromatic carbocycles. The average molecular weight is 299 g/mol. The number of pyridine rings is 1. The van der Waals surface area contributed by atoms with Crippen LogP contribution < -0.4 is 5.56 Å². The first-order valence-corrected chi connectivity index (χ1v) is 6.96. The van der Waals surface area contributed by atoms with E-state index in [-0.39, 0.29) is 28.2 Å². The molecule has 1 N–H and O–H groups in total. The number of aromatic hydroxyl groups is 1. The monoisotopic (exact) mass is 299 g/mol. The third-order valence-electron chi connectivity index (χ3n) is 3.59. The van der Waals surface area contributed by atoms with Gasteiger partial charge in [0.25, 0.3) is 11.4 Å². The van der Waals surface area contributed by atoms with Crippen LogP contribution in [0.5, 0.6) is 5.75 Å². The molecule has 114 valence electrons. The summed E-state index contributed by atoms with van der Waals surface area (Å²) in [5.41, 5.74) is -0.00627. The molecule has 0 unspecified atom stereocenters. The number of aromatic nitrogens is 3. The third-order valence-corrected chi connectivity index (χ3v) is 3.59. The molecular formula is C16H17N3O3. The van der Waals surface area contributed by atoms with Gasteiger partial charge in [0, 0.05) is 17.8 Å². The van der Waals surface area contributed by atoms with Gasteiger partial charge in [0.1, 0.15) is 11.3 Å². The number of nitrogens with zero attached hydrogens (tertiary/aromatic N) is 3. The maximum Gasteiger partial charge on any atom is 0.267 e. The highest BCUT2D eigenvalue weighted by Gasteiger charge is 2.25. The molecule has 0 radical (unpaired) electrons. The summed E-state index contributed by atoms with van der Waals surface area (Å²) in [5, 5.41) is 15.0. The Labute approximate surface area is 127 Å². The van der Waals surface area contributed by atoms with Gasteiger partial charge in [-0.15, -0.1) is 0 Å². The summed E-state index contributed by atoms with van der Waals surface area (Å²) >= 11 is 0. The molecule has 0 amide bonds. The van der Waals surface area contributed by atoms with Crippen LogP contribution in [-0.4, -0.2) is 19.8 Å². The summed E-state index contributed by atoms with van der Waals surface area (Å²) in [6, 6.07) is 7.12. The van der Waals surface area contributed by atoms with Crippen LogP contribution in [0.1, 0.15) is 26.6 Å². The van der Waals surface area contributed by atoms with E-state index in [1.807, 2.05) is 26.8 Å². The Kier molecular flexibility index (Phi) is 3.05. The highest BCUT2D eigenvalue weighted by molar-refractivity contribution is 5.90. The molecule has 22 heavy (non-hydrogen) atoms. The Bertz CT molecular complexity index is 917. The molecule has 3 rings (SSSR count). The maximum atomic E-state index is 12.5. The fourth-order valence-corrected chi connectivity index (χ4v) is 2.30. The summed E-state index contributed by atoms with van der Waals surface area (Å²) in [6.07, 6.45) is 0. The SMILES string of the molecule is Cn1c(=O)c(-c2nc(C(C)(C)C)no2)c(O)c2ccccc21. The van der Waals surface area contributed by atoms with E-state index in [0.29, 0.717) is 16.7 Å². The first kappa shape index (κ1) is 14.3. The van der Waals surface area contributed by atoms with Crippen molar-refractivity contribution in [3.8, 4) is 17.2 Å². The predicted octanol–water partition coefficient (Wildman–Crippen LogP) is 2.59. The van der Waals surface area contributed by atoms with Crippen molar-refractivity contribution in [3.63, 3.8) is 0 Å². The predicted molar refractivity (Wildman–Crippen MR) is 82.8 cm³/mol. The first-order valence-electron chi connectivity index (χ1n) is 6.96. The zero-order valence-electron chi connectivity index (χ0n) is 12.9. The van der Waals surface area contributed by atoms with Gasteiger partial charge < -0.3 is 14.2 Å². The van der Waals surface area contributed by atoms with Crippen molar-refractivity contribution < 1.29 is 9.63 Å². The van der Waals surface area contributed by atoms with Crippen LogP contribution in [0.4, 0.5) is 0 Å². The smallest absolute Gasteiger partial charge is 0.267 e. The summed E-state index contributed by atoms with van der Waals surface area (Å²) in [5.74, 6) is 0.383. The lowest BCUT2D eigenvalue weighted by atomic mass is 9.96. The minimum atomic E-state index is -0.375. The largest absolute Gasteiger partial charge is 0.506 e. The second-order valence-corrected chi connectivity index (χ2v) is 6.28. The topological polar surface area (TPSA) is 81.2 Å². The molecule has 6 nitrogen and oxygen atoms in total. The van der Waals surface area contributed by atoms with Crippen LogP contribution >= 0.6 is 0 Å². The van der Waals surface area contributed by atoms with Gasteiger partial charge in [-0.25, -0.2) is 0 Å². The molecule has 0 saturated heterocycles. The lowest BCUT2D eigenvalue weighted by Crippen LogP contribution is -2.19. The van der Waals surface area contributed by atoms with E-state index in [4.69, 9.17) is 4.52 Å². The van der Waals surface area contributed by atoms with E-state index in [0.717, 1.165) is 0 Å². The Morgan fingerprint density at radius 3 is 2.55 bits per heavy atom. The summed E-state index contributed by atoms with van der Waals surface area (Å²) in [7, 11) is 1.65. The highest BCUT2D eigenvalue weighted by atomic mass is 16.5. The number of para-hydroxylation sites is 1. The van der Waals surface area contributed by atoms with Crippen molar-refractivity contribution in [1.82, 2.24) is 14.7 Å². The average Bonchev–Trinajstić information content (AvgIpc) is 2.95. The fourth-order valence-electron chi connectivity index (χ4n) is 2.30. The number of benzene rings is 1. The molecule has 0 aliphatic rings. The zero-order valence-corrected chi connectivity index (χ0v) is 12.9. The van der Waals surface area contributed by atoms with Crippen molar-refractivity contribution >= 4 is 10.9 Å². The highest BCUT2D eigenvalue weighted by Crippen LogP contribution is 2.32. The van der Waals surface area contributed by atoms with Crippen molar-refractivity contribution in [2.24, 2.45) is 7.05 Å². The Hall–Kier alpha value is -2.63. The number of fused-ring (bicyclic) bond motifs is 1. The van der Waals surface area contributed by atoms with E-state index in [1.165, 1.54) is 4.57 Å². The molecule has 0 atom stereocenters. The van der Waals surface area contributed by atoms with Gasteiger partial charge in [-0.1, -0.05) is 38.1 Å². The van der Waals surface area contributed by atoms with Crippen LogP contribution in [0.2, 0.25) is 0 Å². The molecule has 0 saturated carbocycles. The van der Waals surface area contributed by atoms with Crippen LogP contribution in [0, 0.1) is 0 Å². The molecule has 3 aromatic rings. The van der Waals surface area contributed by atoms with E-state index < -0.39 is 0 Å². The lowest BCUT2D eigenvalue weighted by Gasteiger charge is -2.11. The van der Waals surface area contributed by atoms with E-state index in [1.54, 1.807) is 25.2 Å². The van der Waals surface area contributed by atoms with Gasteiger partial charge in [0.15, 0.2) is 5.82 Å². The Morgan fingerprint density at radius 1 is 1.23 bits per heavy atom. The maximum absolute atomic E-state index is 12.5. The van der Waals surface area contributed by atoms with Crippen molar-refractivity contribution in [2.75, 3.05) is 0 Å². The Balaban J connectivity index is 2.32. The van der Waals surface area contributed by atoms with Crippen molar-refractivity contribution in [3.05, 3.63) is 40.4 Å². The summed E-state index contributed by atoms with van der Waals surface area (Å²) in [4.78, 5) is 16.8. The Morgan fingerprint density at radius 2 is 1.91 bits per heavy atom. The molecule has 0 aliphatic heterocycles. The van der Waals surface area contributed by atoms with Gasteiger partial charge >= 0.3 is 0 Å². The fraction of sp³-hybridized carbons (Fsp3) is 0.312. The molecule has 2 heterocycles. The second-order valence-electron chi connectivity index (χ2n) is 6.28. The van der Waals surface area contributed by atoms with E-state index in [2.05, 4.69) is 10.1 Å². The van der Waals surface area contributed by atoms with Crippen LogP contribution in [0.15, 0.2) is 33.6 Å². The summed E-state index contributed by atoms with van der Waals surface area (Å²) < 4.78 is 6.67. The molecule has 0 aliphatic carbocycles. The number of aryl methyl sites for hydroxylation is 1. The van der Waals surface area contributed by atoms with E-state index in [9.17, 15) is 9.90 Å². The molecule has 2 aromatic heterocycles. The van der Waals surface area contributed by atoms with Gasteiger partial charge in [0.2, 0.25) is 0 Å². The van der Waals surface area contributed by atoms with Crippen molar-refractivity contribution in [1.29, 1.82) is 0 Å². The number of rotatable bonds is 1.